The van der Waals surface area contributed by atoms with Gasteiger partial charge in [0.1, 0.15) is 0 Å². The summed E-state index contributed by atoms with van der Waals surface area (Å²) >= 11 is 0. The number of halogens is 1. The Morgan fingerprint density at radius 1 is 1.88 bits per heavy atom. The van der Waals surface area contributed by atoms with Gasteiger partial charge in [-0.1, -0.05) is 13.8 Å². The summed E-state index contributed by atoms with van der Waals surface area (Å²) in [5, 5.41) is 0. The van der Waals surface area contributed by atoms with Crippen molar-refractivity contribution < 1.29 is 8.22 Å². The van der Waals surface area contributed by atoms with E-state index in [1.807, 2.05) is 0 Å². The van der Waals surface area contributed by atoms with Crippen LogP contribution in [0.4, 0.5) is 0 Å². The molecule has 0 saturated heterocycles. The van der Waals surface area contributed by atoms with Gasteiger partial charge in [-0.25, -0.2) is 0 Å². The van der Waals surface area contributed by atoms with E-state index in [1.54, 1.807) is 0 Å². The number of hydrogen-bond acceptors (Lipinski definition) is 1. The van der Waals surface area contributed by atoms with Gasteiger partial charge in [0, 0.05) is 14.2 Å². The van der Waals surface area contributed by atoms with Crippen LogP contribution in [0.15, 0.2) is 0 Å². The van der Waals surface area contributed by atoms with Crippen LogP contribution in [-0.2, 0) is 0 Å². The van der Waals surface area contributed by atoms with E-state index in [1.165, 1.54) is 13.8 Å². The highest BCUT2D eigenvalue weighted by atomic mass is 35.5. The van der Waals surface area contributed by atoms with Gasteiger partial charge in [-0.3, -0.25) is 0 Å². The van der Waals surface area contributed by atoms with Crippen molar-refractivity contribution in [3.63, 3.8) is 0 Å². The summed E-state index contributed by atoms with van der Waals surface area (Å²) in [6.45, 7) is 0.185. The van der Waals surface area contributed by atoms with E-state index in [0.29, 0.717) is 0 Å². The minimum atomic E-state index is -2.82. The van der Waals surface area contributed by atoms with Gasteiger partial charge in [0.15, 0.2) is 0 Å². The first-order valence-corrected chi connectivity index (χ1v) is 2.23. The first-order chi connectivity index (χ1) is 5.44. The standard InChI is InChI=1S/C6H15N.ClH/c1-5(2)4-6(3)7;/h5-6H,4,7H2,1-3H3;1H/i3D3,4D2,6D;. The first kappa shape index (κ1) is 2.89. The molecular formula is C6H16ClN. The third-order valence-corrected chi connectivity index (χ3v) is 0.444. The molecule has 8 heavy (non-hydrogen) atoms. The molecule has 0 fully saturated rings. The fourth-order valence-corrected chi connectivity index (χ4v) is 0.311. The zero-order chi connectivity index (χ0) is 11.1. The van der Waals surface area contributed by atoms with E-state index in [4.69, 9.17) is 14.0 Å². The smallest absolute Gasteiger partial charge is 0.0460 e. The van der Waals surface area contributed by atoms with Crippen LogP contribution in [0.1, 0.15) is 35.3 Å². The van der Waals surface area contributed by atoms with Gasteiger partial charge in [-0.2, -0.15) is 0 Å². The molecule has 1 atom stereocenters. The molecule has 0 aromatic carbocycles. The van der Waals surface area contributed by atoms with Gasteiger partial charge in [-0.05, 0) is 19.1 Å². The van der Waals surface area contributed by atoms with Crippen molar-refractivity contribution >= 4 is 12.4 Å². The predicted molar refractivity (Wildman–Crippen MR) is 40.4 cm³/mol. The van der Waals surface area contributed by atoms with Crippen molar-refractivity contribution in [1.29, 1.82) is 0 Å². The second-order valence-electron chi connectivity index (χ2n) is 1.71. The summed E-state index contributed by atoms with van der Waals surface area (Å²) in [5.41, 5.74) is 5.20. The molecule has 0 bridgehead atoms. The molecule has 0 aromatic heterocycles. The zero-order valence-corrected chi connectivity index (χ0v) is 5.88. The van der Waals surface area contributed by atoms with Gasteiger partial charge in [0.2, 0.25) is 0 Å². The molecule has 1 unspecified atom stereocenters. The quantitative estimate of drug-likeness (QED) is 0.627. The Morgan fingerprint density at radius 3 is 2.50 bits per heavy atom. The summed E-state index contributed by atoms with van der Waals surface area (Å²) in [6, 6.07) is -2.56. The van der Waals surface area contributed by atoms with Crippen molar-refractivity contribution in [2.24, 2.45) is 11.7 Å². The Morgan fingerprint density at radius 2 is 2.38 bits per heavy atom. The monoisotopic (exact) mass is 143 g/mol. The third-order valence-electron chi connectivity index (χ3n) is 0.444. The largest absolute Gasteiger partial charge is 0.328 e. The molecule has 2 heteroatoms. The predicted octanol–water partition coefficient (Wildman–Crippen LogP) is 1.80. The van der Waals surface area contributed by atoms with Crippen LogP contribution in [0.2, 0.25) is 0 Å². The van der Waals surface area contributed by atoms with Crippen LogP contribution >= 0.6 is 12.4 Å². The minimum Gasteiger partial charge on any atom is -0.328 e. The molecular weight excluding hydrogens is 122 g/mol. The highest BCUT2D eigenvalue weighted by molar-refractivity contribution is 5.85. The molecule has 0 aliphatic rings. The molecule has 2 N–H and O–H groups in total. The molecule has 0 amide bonds. The van der Waals surface area contributed by atoms with E-state index in [0.717, 1.165) is 0 Å². The van der Waals surface area contributed by atoms with Gasteiger partial charge >= 0.3 is 0 Å². The molecule has 0 rings (SSSR count). The van der Waals surface area contributed by atoms with Crippen LogP contribution in [0, 0.1) is 5.92 Å². The molecule has 0 radical (unpaired) electrons. The normalized spacial score (nSPS) is 31.5. The second kappa shape index (κ2) is 5.39. The molecule has 0 aromatic rings. The van der Waals surface area contributed by atoms with E-state index < -0.39 is 25.2 Å². The number of hydrogen-bond donors (Lipinski definition) is 1. The molecule has 52 valence electrons. The number of rotatable bonds is 2. The van der Waals surface area contributed by atoms with Gasteiger partial charge in [-0.15, -0.1) is 12.4 Å². The van der Waals surface area contributed by atoms with E-state index >= 15 is 0 Å². The van der Waals surface area contributed by atoms with Crippen LogP contribution in [0.25, 0.3) is 0 Å². The lowest BCUT2D eigenvalue weighted by Crippen LogP contribution is -2.16. The van der Waals surface area contributed by atoms with Crippen LogP contribution < -0.4 is 5.73 Å². The first-order valence-electron chi connectivity index (χ1n) is 5.23. The average molecular weight is 144 g/mol. The SMILES string of the molecule is Cl.[2H]C([2H])([2H])C([2H])(N)C([2H])([2H])C(C)C. The van der Waals surface area contributed by atoms with Crippen molar-refractivity contribution in [3.05, 3.63) is 0 Å². The Balaban J connectivity index is 0. The minimum absolute atomic E-state index is 0. The maximum Gasteiger partial charge on any atom is 0.0460 e. The highest BCUT2D eigenvalue weighted by Gasteiger charge is 1.95. The fraction of sp³-hybridized carbons (Fsp3) is 1.00. The lowest BCUT2D eigenvalue weighted by atomic mass is 10.1. The maximum absolute atomic E-state index is 7.43. The molecule has 0 spiro atoms. The molecule has 0 aliphatic carbocycles. The second-order valence-corrected chi connectivity index (χ2v) is 1.71. The topological polar surface area (TPSA) is 26.0 Å². The summed E-state index contributed by atoms with van der Waals surface area (Å²) in [4.78, 5) is 0. The van der Waals surface area contributed by atoms with Gasteiger partial charge < -0.3 is 5.73 Å². The Bertz CT molecular complexity index is 187. The fourth-order valence-electron chi connectivity index (χ4n) is 0.311. The molecule has 0 saturated carbocycles. The van der Waals surface area contributed by atoms with E-state index in [9.17, 15) is 0 Å². The zero-order valence-electron chi connectivity index (χ0n) is 11.1. The summed E-state index contributed by atoms with van der Waals surface area (Å²) in [6.07, 6.45) is -2.24. The van der Waals surface area contributed by atoms with Crippen LogP contribution in [-0.4, -0.2) is 6.02 Å². The summed E-state index contributed by atoms with van der Waals surface area (Å²) in [7, 11) is 0. The molecule has 0 aliphatic heterocycles. The van der Waals surface area contributed by atoms with E-state index in [-0.39, 0.29) is 12.4 Å². The lowest BCUT2D eigenvalue weighted by Gasteiger charge is -2.05. The Hall–Kier alpha value is 0.250. The van der Waals surface area contributed by atoms with Crippen LogP contribution in [0.3, 0.4) is 0 Å². The van der Waals surface area contributed by atoms with Gasteiger partial charge in [0.25, 0.3) is 0 Å². The highest BCUT2D eigenvalue weighted by Crippen LogP contribution is 2.00. The average Bonchev–Trinajstić information content (AvgIpc) is 1.84. The van der Waals surface area contributed by atoms with Crippen molar-refractivity contribution in [1.82, 2.24) is 0 Å². The lowest BCUT2D eigenvalue weighted by molar-refractivity contribution is 0.520. The summed E-state index contributed by atoms with van der Waals surface area (Å²) < 4.78 is 43.1. The van der Waals surface area contributed by atoms with Crippen molar-refractivity contribution in [2.45, 2.75) is 33.1 Å². The van der Waals surface area contributed by atoms with Crippen LogP contribution in [0.5, 0.6) is 0 Å². The van der Waals surface area contributed by atoms with E-state index in [2.05, 4.69) is 0 Å². The maximum atomic E-state index is 7.43. The number of nitrogens with two attached hydrogens (primary N) is 1. The summed E-state index contributed by atoms with van der Waals surface area (Å²) in [5.74, 6) is -0.615. The Kier molecular flexibility index (Phi) is 1.95. The molecule has 0 heterocycles. The van der Waals surface area contributed by atoms with Crippen molar-refractivity contribution in [3.8, 4) is 0 Å². The van der Waals surface area contributed by atoms with Crippen molar-refractivity contribution in [2.75, 3.05) is 0 Å². The third kappa shape index (κ3) is 9.54. The van der Waals surface area contributed by atoms with Gasteiger partial charge in [0.05, 0.1) is 0 Å². The molecule has 1 nitrogen and oxygen atoms in total. The Labute approximate surface area is 66.5 Å².